The number of anilines is 1. The van der Waals surface area contributed by atoms with Crippen molar-refractivity contribution in [3.05, 3.63) is 42.5 Å². The Bertz CT molecular complexity index is 663. The molecule has 2 rings (SSSR count). The summed E-state index contributed by atoms with van der Waals surface area (Å²) >= 11 is 0. The van der Waals surface area contributed by atoms with Gasteiger partial charge in [0.15, 0.2) is 0 Å². The number of hydrogen-bond donors (Lipinski definition) is 3. The van der Waals surface area contributed by atoms with Crippen molar-refractivity contribution in [1.82, 2.24) is 5.32 Å². The average Bonchev–Trinajstić information content (AvgIpc) is 2.51. The molecule has 0 radical (unpaired) electrons. The van der Waals surface area contributed by atoms with Gasteiger partial charge in [-0.25, -0.2) is 0 Å². The van der Waals surface area contributed by atoms with Crippen LogP contribution < -0.4 is 16.4 Å². The molecule has 0 saturated carbocycles. The Morgan fingerprint density at radius 2 is 1.82 bits per heavy atom. The zero-order chi connectivity index (χ0) is 15.9. The average molecular weight is 299 g/mol. The number of hydrogen-bond acceptors (Lipinski definition) is 3. The van der Waals surface area contributed by atoms with Gasteiger partial charge in [0.1, 0.15) is 0 Å². The predicted molar refractivity (Wildman–Crippen MR) is 88.5 cm³/mol. The van der Waals surface area contributed by atoms with Crippen LogP contribution in [0.4, 0.5) is 5.69 Å². The summed E-state index contributed by atoms with van der Waals surface area (Å²) in [4.78, 5) is 23.5. The Morgan fingerprint density at radius 1 is 1.09 bits per heavy atom. The second kappa shape index (κ2) is 7.56. The lowest BCUT2D eigenvalue weighted by Gasteiger charge is -2.10. The second-order valence-electron chi connectivity index (χ2n) is 5.37. The zero-order valence-electron chi connectivity index (χ0n) is 12.6. The van der Waals surface area contributed by atoms with Crippen LogP contribution in [0.5, 0.6) is 0 Å². The van der Waals surface area contributed by atoms with E-state index in [9.17, 15) is 9.59 Å². The number of carbonyl (C=O) groups excluding carboxylic acids is 2. The van der Waals surface area contributed by atoms with Crippen LogP contribution in [-0.4, -0.2) is 24.4 Å². The van der Waals surface area contributed by atoms with Gasteiger partial charge in [-0.2, -0.15) is 0 Å². The Balaban J connectivity index is 1.90. The third-order valence-corrected chi connectivity index (χ3v) is 3.34. The van der Waals surface area contributed by atoms with Crippen molar-refractivity contribution in [2.24, 2.45) is 5.73 Å². The van der Waals surface area contributed by atoms with Crippen LogP contribution in [-0.2, 0) is 9.59 Å². The summed E-state index contributed by atoms with van der Waals surface area (Å²) in [5.41, 5.74) is 6.34. The third kappa shape index (κ3) is 4.56. The predicted octanol–water partition coefficient (Wildman–Crippen LogP) is 2.02. The molecule has 5 nitrogen and oxygen atoms in total. The molecule has 2 amide bonds. The molecule has 1 unspecified atom stereocenters. The largest absolute Gasteiger partial charge is 0.347 e. The first kappa shape index (κ1) is 16.0. The lowest BCUT2D eigenvalue weighted by Crippen LogP contribution is -2.33. The number of benzene rings is 2. The molecular weight excluding hydrogens is 278 g/mol. The molecule has 5 heteroatoms. The lowest BCUT2D eigenvalue weighted by molar-refractivity contribution is -0.124. The van der Waals surface area contributed by atoms with Crippen LogP contribution in [0.25, 0.3) is 10.8 Å². The van der Waals surface area contributed by atoms with Gasteiger partial charge in [-0.05, 0) is 24.8 Å². The third-order valence-electron chi connectivity index (χ3n) is 3.34. The lowest BCUT2D eigenvalue weighted by atomic mass is 10.1. The number of carbonyl (C=O) groups is 2. The first-order valence-electron chi connectivity index (χ1n) is 7.36. The number of fused-ring (bicyclic) bond motifs is 1. The van der Waals surface area contributed by atoms with Crippen molar-refractivity contribution >= 4 is 28.3 Å². The highest BCUT2D eigenvalue weighted by molar-refractivity contribution is 6.03. The minimum absolute atomic E-state index is 0.0183. The van der Waals surface area contributed by atoms with Crippen molar-refractivity contribution in [2.45, 2.75) is 25.8 Å². The summed E-state index contributed by atoms with van der Waals surface area (Å²) < 4.78 is 0. The summed E-state index contributed by atoms with van der Waals surface area (Å²) in [6.07, 6.45) is 0.940. The zero-order valence-corrected chi connectivity index (χ0v) is 12.6. The first-order chi connectivity index (χ1) is 10.6. The summed E-state index contributed by atoms with van der Waals surface area (Å²) in [5.74, 6) is -0.407. The van der Waals surface area contributed by atoms with Gasteiger partial charge < -0.3 is 16.4 Å². The number of amides is 2. The fourth-order valence-corrected chi connectivity index (χ4v) is 2.15. The van der Waals surface area contributed by atoms with Crippen LogP contribution >= 0.6 is 0 Å². The number of nitrogens with two attached hydrogens (primary N) is 1. The molecule has 0 aromatic heterocycles. The van der Waals surface area contributed by atoms with Gasteiger partial charge in [-0.1, -0.05) is 36.4 Å². The molecule has 22 heavy (non-hydrogen) atoms. The van der Waals surface area contributed by atoms with Gasteiger partial charge in [0.05, 0.1) is 6.54 Å². The van der Waals surface area contributed by atoms with E-state index in [2.05, 4.69) is 10.6 Å². The maximum Gasteiger partial charge on any atom is 0.243 e. The van der Waals surface area contributed by atoms with E-state index in [4.69, 9.17) is 5.73 Å². The highest BCUT2D eigenvalue weighted by Crippen LogP contribution is 2.22. The molecule has 1 atom stereocenters. The summed E-state index contributed by atoms with van der Waals surface area (Å²) in [6, 6.07) is 13.5. The molecule has 0 aliphatic carbocycles. The highest BCUT2D eigenvalue weighted by Gasteiger charge is 2.08. The Labute approximate surface area is 129 Å². The smallest absolute Gasteiger partial charge is 0.243 e. The van der Waals surface area contributed by atoms with Gasteiger partial charge in [-0.3, -0.25) is 9.59 Å². The van der Waals surface area contributed by atoms with Crippen LogP contribution in [0.1, 0.15) is 19.8 Å². The van der Waals surface area contributed by atoms with E-state index in [0.717, 1.165) is 16.5 Å². The second-order valence-corrected chi connectivity index (χ2v) is 5.37. The van der Waals surface area contributed by atoms with Crippen molar-refractivity contribution in [3.63, 3.8) is 0 Å². The molecule has 0 aliphatic heterocycles. The Morgan fingerprint density at radius 3 is 2.59 bits per heavy atom. The fourth-order valence-electron chi connectivity index (χ4n) is 2.15. The van der Waals surface area contributed by atoms with Crippen molar-refractivity contribution in [3.8, 4) is 0 Å². The first-order valence-corrected chi connectivity index (χ1v) is 7.36. The normalized spacial score (nSPS) is 11.9. The van der Waals surface area contributed by atoms with E-state index in [1.54, 1.807) is 0 Å². The molecular formula is C17H21N3O2. The molecule has 4 N–H and O–H groups in total. The van der Waals surface area contributed by atoms with Crippen LogP contribution in [0.2, 0.25) is 0 Å². The molecule has 116 valence electrons. The minimum atomic E-state index is -0.245. The minimum Gasteiger partial charge on any atom is -0.347 e. The van der Waals surface area contributed by atoms with Gasteiger partial charge >= 0.3 is 0 Å². The standard InChI is InChI=1S/C17H21N3O2/c1-12(18)9-10-16(21)19-11-17(22)20-15-8-4-6-13-5-2-3-7-14(13)15/h2-8,12H,9-11,18H2,1H3,(H,19,21)(H,20,22). The van der Waals surface area contributed by atoms with E-state index in [0.29, 0.717) is 12.8 Å². The maximum absolute atomic E-state index is 11.9. The summed E-state index contributed by atoms with van der Waals surface area (Å²) in [5, 5.41) is 7.46. The Kier molecular flexibility index (Phi) is 5.49. The summed E-state index contributed by atoms with van der Waals surface area (Å²) in [6.45, 7) is 1.81. The number of nitrogens with one attached hydrogen (secondary N) is 2. The number of rotatable bonds is 6. The molecule has 0 saturated heterocycles. The summed E-state index contributed by atoms with van der Waals surface area (Å²) in [7, 11) is 0. The van der Waals surface area contributed by atoms with E-state index < -0.39 is 0 Å². The maximum atomic E-state index is 11.9. The van der Waals surface area contributed by atoms with E-state index in [1.165, 1.54) is 0 Å². The van der Waals surface area contributed by atoms with Crippen molar-refractivity contribution < 1.29 is 9.59 Å². The SMILES string of the molecule is CC(N)CCC(=O)NCC(=O)Nc1cccc2ccccc12. The van der Waals surface area contributed by atoms with Gasteiger partial charge in [0.25, 0.3) is 0 Å². The van der Waals surface area contributed by atoms with Crippen molar-refractivity contribution in [1.29, 1.82) is 0 Å². The van der Waals surface area contributed by atoms with Crippen LogP contribution in [0.15, 0.2) is 42.5 Å². The van der Waals surface area contributed by atoms with Crippen LogP contribution in [0, 0.1) is 0 Å². The molecule has 0 heterocycles. The van der Waals surface area contributed by atoms with Gasteiger partial charge in [0, 0.05) is 23.5 Å². The van der Waals surface area contributed by atoms with Crippen molar-refractivity contribution in [2.75, 3.05) is 11.9 Å². The molecule has 0 spiro atoms. The van der Waals surface area contributed by atoms with Gasteiger partial charge in [0.2, 0.25) is 11.8 Å². The van der Waals surface area contributed by atoms with Crippen LogP contribution in [0.3, 0.4) is 0 Å². The molecule has 0 bridgehead atoms. The monoisotopic (exact) mass is 299 g/mol. The quantitative estimate of drug-likeness (QED) is 0.763. The molecule has 2 aromatic carbocycles. The molecule has 0 aliphatic rings. The fraction of sp³-hybridized carbons (Fsp3) is 0.294. The van der Waals surface area contributed by atoms with Gasteiger partial charge in [-0.15, -0.1) is 0 Å². The van der Waals surface area contributed by atoms with E-state index in [1.807, 2.05) is 49.4 Å². The van der Waals surface area contributed by atoms with E-state index in [-0.39, 0.29) is 24.4 Å². The Hall–Kier alpha value is -2.40. The topological polar surface area (TPSA) is 84.2 Å². The molecule has 0 fully saturated rings. The molecule has 2 aromatic rings. The highest BCUT2D eigenvalue weighted by atomic mass is 16.2. The van der Waals surface area contributed by atoms with E-state index >= 15 is 0 Å².